The molecule has 0 heterocycles. The molecule has 1 rings (SSSR count). The highest BCUT2D eigenvalue weighted by Crippen LogP contribution is 2.30. The molecular weight excluding hydrogens is 442 g/mol. The normalized spacial score (nSPS) is 16.4. The van der Waals surface area contributed by atoms with Crippen LogP contribution in [0.25, 0.3) is 0 Å². The summed E-state index contributed by atoms with van der Waals surface area (Å²) in [4.78, 5) is 4.14. The van der Waals surface area contributed by atoms with E-state index in [-0.39, 0.29) is 33.0 Å². The SMILES string of the molecule is C[C@H](Cl)CN(Cc1cc(O)c(CN(C[C@H](C)Cl)C[C@@H](C)Cl)cc1O)C[C@@H](C)Cl. The van der Waals surface area contributed by atoms with Crippen molar-refractivity contribution >= 4 is 46.4 Å². The molecule has 4 atom stereocenters. The number of hydrogen-bond acceptors (Lipinski definition) is 4. The average Bonchev–Trinajstić information content (AvgIpc) is 2.49. The zero-order chi connectivity index (χ0) is 21.4. The van der Waals surface area contributed by atoms with Crippen LogP contribution in [0.4, 0.5) is 0 Å². The van der Waals surface area contributed by atoms with Gasteiger partial charge in [-0.05, 0) is 39.8 Å². The van der Waals surface area contributed by atoms with Crippen molar-refractivity contribution in [1.29, 1.82) is 0 Å². The van der Waals surface area contributed by atoms with Gasteiger partial charge in [0.1, 0.15) is 11.5 Å². The number of phenolic OH excluding ortho intramolecular Hbond substituents is 2. The largest absolute Gasteiger partial charge is 0.508 e. The lowest BCUT2D eigenvalue weighted by atomic mass is 10.1. The third-order valence-electron chi connectivity index (χ3n) is 4.11. The Labute approximate surface area is 189 Å². The molecule has 1 aromatic rings. The van der Waals surface area contributed by atoms with Crippen LogP contribution in [0.1, 0.15) is 38.8 Å². The number of alkyl halides is 4. The minimum Gasteiger partial charge on any atom is -0.508 e. The van der Waals surface area contributed by atoms with Gasteiger partial charge in [0.25, 0.3) is 0 Å². The first-order valence-corrected chi connectivity index (χ1v) is 11.3. The van der Waals surface area contributed by atoms with Crippen LogP contribution in [0.3, 0.4) is 0 Å². The zero-order valence-electron chi connectivity index (χ0n) is 17.0. The summed E-state index contributed by atoms with van der Waals surface area (Å²) < 4.78 is 0. The summed E-state index contributed by atoms with van der Waals surface area (Å²) in [5.41, 5.74) is 1.28. The number of rotatable bonds is 12. The lowest BCUT2D eigenvalue weighted by molar-refractivity contribution is 0.261. The lowest BCUT2D eigenvalue weighted by Crippen LogP contribution is -2.33. The predicted molar refractivity (Wildman–Crippen MR) is 122 cm³/mol. The molecule has 0 unspecified atom stereocenters. The fourth-order valence-corrected chi connectivity index (χ4v) is 4.01. The van der Waals surface area contributed by atoms with E-state index in [9.17, 15) is 10.2 Å². The molecule has 0 fully saturated rings. The molecular formula is C20H32Cl4N2O2. The maximum Gasteiger partial charge on any atom is 0.120 e. The van der Waals surface area contributed by atoms with Gasteiger partial charge in [0.05, 0.1) is 0 Å². The van der Waals surface area contributed by atoms with Crippen molar-refractivity contribution in [2.75, 3.05) is 26.2 Å². The van der Waals surface area contributed by atoms with E-state index in [1.165, 1.54) is 0 Å². The maximum absolute atomic E-state index is 10.5. The van der Waals surface area contributed by atoms with E-state index in [1.807, 2.05) is 27.7 Å². The molecule has 0 amide bonds. The zero-order valence-corrected chi connectivity index (χ0v) is 20.0. The Morgan fingerprint density at radius 1 is 0.643 bits per heavy atom. The van der Waals surface area contributed by atoms with Crippen LogP contribution in [-0.2, 0) is 13.1 Å². The number of hydrogen-bond donors (Lipinski definition) is 2. The second-order valence-corrected chi connectivity index (χ2v) is 10.6. The van der Waals surface area contributed by atoms with Crippen LogP contribution in [-0.4, -0.2) is 67.7 Å². The van der Waals surface area contributed by atoms with Gasteiger partial charge in [-0.3, -0.25) is 9.80 Å². The van der Waals surface area contributed by atoms with E-state index in [1.54, 1.807) is 12.1 Å². The standard InChI is InChI=1S/C20H32Cl4N2O2/c1-13(21)7-25(8-14(2)22)11-17-5-20(28)18(6-19(17)27)12-26(9-15(3)23)10-16(4)24/h5-6,13-16,27-28H,7-12H2,1-4H3/t13-,14+,15-,16+. The number of halogens is 4. The summed E-state index contributed by atoms with van der Waals surface area (Å²) in [6.07, 6.45) is 0. The second kappa shape index (κ2) is 12.6. The fourth-order valence-electron chi connectivity index (χ4n) is 3.23. The van der Waals surface area contributed by atoms with Crippen molar-refractivity contribution in [2.45, 2.75) is 62.3 Å². The number of phenols is 2. The van der Waals surface area contributed by atoms with Crippen molar-refractivity contribution in [3.8, 4) is 11.5 Å². The topological polar surface area (TPSA) is 46.9 Å². The lowest BCUT2D eigenvalue weighted by Gasteiger charge is -2.27. The first-order chi connectivity index (χ1) is 13.0. The Hall–Kier alpha value is -0.100. The van der Waals surface area contributed by atoms with Gasteiger partial charge in [-0.25, -0.2) is 0 Å². The summed E-state index contributed by atoms with van der Waals surface area (Å²) in [5, 5.41) is 20.9. The van der Waals surface area contributed by atoms with E-state index in [2.05, 4.69) is 9.80 Å². The summed E-state index contributed by atoms with van der Waals surface area (Å²) in [7, 11) is 0. The first kappa shape index (κ1) is 25.9. The van der Waals surface area contributed by atoms with Gasteiger partial charge in [0, 0.05) is 71.9 Å². The Balaban J connectivity index is 2.97. The minimum absolute atomic E-state index is 0.0472. The van der Waals surface area contributed by atoms with Crippen molar-refractivity contribution in [3.05, 3.63) is 23.3 Å². The molecule has 28 heavy (non-hydrogen) atoms. The Bertz CT molecular complexity index is 526. The van der Waals surface area contributed by atoms with Gasteiger partial charge in [-0.1, -0.05) is 0 Å². The number of nitrogens with zero attached hydrogens (tertiary/aromatic N) is 2. The molecule has 2 N–H and O–H groups in total. The van der Waals surface area contributed by atoms with E-state index in [0.717, 1.165) is 0 Å². The highest BCUT2D eigenvalue weighted by atomic mass is 35.5. The maximum atomic E-state index is 10.5. The molecule has 0 aliphatic rings. The summed E-state index contributed by atoms with van der Waals surface area (Å²) in [6, 6.07) is 3.23. The highest BCUT2D eigenvalue weighted by molar-refractivity contribution is 6.21. The van der Waals surface area contributed by atoms with Crippen LogP contribution in [0.5, 0.6) is 11.5 Å². The highest BCUT2D eigenvalue weighted by Gasteiger charge is 2.18. The number of benzene rings is 1. The van der Waals surface area contributed by atoms with E-state index >= 15 is 0 Å². The third kappa shape index (κ3) is 10.1. The molecule has 4 nitrogen and oxygen atoms in total. The predicted octanol–water partition coefficient (Wildman–Crippen LogP) is 5.21. The van der Waals surface area contributed by atoms with Crippen LogP contribution < -0.4 is 0 Å². The molecule has 0 aliphatic heterocycles. The van der Waals surface area contributed by atoms with Crippen molar-refractivity contribution in [3.63, 3.8) is 0 Å². The Kier molecular flexibility index (Phi) is 11.6. The summed E-state index contributed by atoms with van der Waals surface area (Å²) in [5.74, 6) is 0.278. The van der Waals surface area contributed by atoms with Crippen LogP contribution in [0.15, 0.2) is 12.1 Å². The average molecular weight is 474 g/mol. The summed E-state index contributed by atoms with van der Waals surface area (Å²) in [6.45, 7) is 11.1. The Morgan fingerprint density at radius 3 is 1.11 bits per heavy atom. The molecule has 0 aliphatic carbocycles. The molecule has 0 saturated heterocycles. The van der Waals surface area contributed by atoms with Gasteiger partial charge < -0.3 is 10.2 Å². The van der Waals surface area contributed by atoms with Gasteiger partial charge in [0.15, 0.2) is 0 Å². The van der Waals surface area contributed by atoms with Crippen molar-refractivity contribution in [2.24, 2.45) is 0 Å². The van der Waals surface area contributed by atoms with Crippen molar-refractivity contribution in [1.82, 2.24) is 9.80 Å². The van der Waals surface area contributed by atoms with Gasteiger partial charge in [-0.2, -0.15) is 0 Å². The van der Waals surface area contributed by atoms with Gasteiger partial charge >= 0.3 is 0 Å². The Morgan fingerprint density at radius 2 is 0.893 bits per heavy atom. The molecule has 0 aromatic heterocycles. The second-order valence-electron chi connectivity index (χ2n) is 7.62. The number of aromatic hydroxyl groups is 2. The van der Waals surface area contributed by atoms with Crippen molar-refractivity contribution < 1.29 is 10.2 Å². The van der Waals surface area contributed by atoms with E-state index < -0.39 is 0 Å². The third-order valence-corrected chi connectivity index (χ3v) is 4.66. The molecule has 1 aromatic carbocycles. The molecule has 0 bridgehead atoms. The van der Waals surface area contributed by atoms with Crippen LogP contribution >= 0.6 is 46.4 Å². The monoisotopic (exact) mass is 472 g/mol. The summed E-state index contributed by atoms with van der Waals surface area (Å²) >= 11 is 24.5. The van der Waals surface area contributed by atoms with Crippen LogP contribution in [0, 0.1) is 0 Å². The van der Waals surface area contributed by atoms with Crippen LogP contribution in [0.2, 0.25) is 0 Å². The molecule has 0 saturated carbocycles. The van der Waals surface area contributed by atoms with Gasteiger partial charge in [-0.15, -0.1) is 46.4 Å². The smallest absolute Gasteiger partial charge is 0.120 e. The van der Waals surface area contributed by atoms with E-state index in [4.69, 9.17) is 46.4 Å². The fraction of sp³-hybridized carbons (Fsp3) is 0.700. The van der Waals surface area contributed by atoms with E-state index in [0.29, 0.717) is 50.4 Å². The first-order valence-electron chi connectivity index (χ1n) is 9.52. The molecule has 0 spiro atoms. The molecule has 8 heteroatoms. The quantitative estimate of drug-likeness (QED) is 0.323. The van der Waals surface area contributed by atoms with Gasteiger partial charge in [0.2, 0.25) is 0 Å². The minimum atomic E-state index is -0.0472. The molecule has 0 radical (unpaired) electrons. The molecule has 162 valence electrons.